The van der Waals surface area contributed by atoms with Crippen LogP contribution < -0.4 is 4.57 Å². The molecule has 1 aliphatic carbocycles. The first kappa shape index (κ1) is 11.2. The molecular weight excluding hydrogens is 450 g/mol. The van der Waals surface area contributed by atoms with Gasteiger partial charge in [0.2, 0.25) is 5.69 Å². The summed E-state index contributed by atoms with van der Waals surface area (Å²) in [5, 5.41) is 0.911. The van der Waals surface area contributed by atoms with Crippen LogP contribution in [0.25, 0.3) is 44.3 Å². The summed E-state index contributed by atoms with van der Waals surface area (Å²) in [7, 11) is 1.64. The van der Waals surface area contributed by atoms with Gasteiger partial charge in [-0.25, -0.2) is 4.57 Å². The average Bonchev–Trinajstić information content (AvgIpc) is 3.56. The number of rotatable bonds is 4. The molecule has 0 N–H and O–H groups in total. The van der Waals surface area contributed by atoms with Gasteiger partial charge in [0.15, 0.2) is 6.20 Å². The van der Waals surface area contributed by atoms with Crippen molar-refractivity contribution in [1.82, 2.24) is 0 Å². The van der Waals surface area contributed by atoms with Crippen molar-refractivity contribution >= 4 is 21.9 Å². The summed E-state index contributed by atoms with van der Waals surface area (Å²) < 4.78 is 162. The quantitative estimate of drug-likeness (QED) is 0.222. The number of aromatic nitrogens is 1. The van der Waals surface area contributed by atoms with E-state index >= 15 is 0 Å². The maximum Gasteiger partial charge on any atom is 0.216 e. The molecular formula is C35H38NO+. The second-order valence-corrected chi connectivity index (χ2v) is 9.68. The van der Waals surface area contributed by atoms with Gasteiger partial charge in [-0.05, 0) is 52.4 Å². The molecule has 37 heavy (non-hydrogen) atoms. The Bertz CT molecular complexity index is 2330. The average molecular weight is 507 g/mol. The SMILES string of the molecule is [2H]C([2H])([2H])C([2H])(C)C1(C([2H])(C([2H])([2H])[2H])C([2H])([2H])[2H])c2ccccc2-c2c1ccc1c2oc2c(-c3cc(C([2H])(C([2H])([2H])[2H])C([2H])([2H])[2H])cc[n+]3C)c(C)ccc21. The summed E-state index contributed by atoms with van der Waals surface area (Å²) in [4.78, 5) is 0. The first-order chi connectivity index (χ1) is 24.8. The number of furan rings is 1. The lowest BCUT2D eigenvalue weighted by Gasteiger charge is -2.40. The smallest absolute Gasteiger partial charge is 0.216 e. The Hall–Kier alpha value is -3.39. The first-order valence-corrected chi connectivity index (χ1v) is 11.9. The summed E-state index contributed by atoms with van der Waals surface area (Å²) in [5.74, 6) is -9.54. The summed E-state index contributed by atoms with van der Waals surface area (Å²) in [6, 6.07) is 14.9. The second-order valence-electron chi connectivity index (χ2n) is 9.68. The van der Waals surface area contributed by atoms with Gasteiger partial charge in [0.05, 0.1) is 5.56 Å². The number of pyridine rings is 1. The van der Waals surface area contributed by atoms with Crippen molar-refractivity contribution in [1.29, 1.82) is 0 Å². The van der Waals surface area contributed by atoms with Gasteiger partial charge in [0.25, 0.3) is 0 Å². The maximum atomic E-state index is 9.61. The molecule has 0 aliphatic heterocycles. The topological polar surface area (TPSA) is 17.0 Å². The number of nitrogens with zero attached hydrogens (tertiary/aromatic N) is 1. The fourth-order valence-electron chi connectivity index (χ4n) is 5.91. The highest BCUT2D eigenvalue weighted by Crippen LogP contribution is 2.58. The molecule has 0 spiro atoms. The number of aryl methyl sites for hydroxylation is 2. The van der Waals surface area contributed by atoms with Crippen LogP contribution in [-0.4, -0.2) is 0 Å². The molecule has 0 saturated heterocycles. The van der Waals surface area contributed by atoms with Crippen molar-refractivity contribution in [2.45, 2.75) is 59.4 Å². The lowest BCUT2D eigenvalue weighted by Crippen LogP contribution is -2.37. The minimum Gasteiger partial charge on any atom is -0.454 e. The van der Waals surface area contributed by atoms with E-state index in [1.165, 1.54) is 48.7 Å². The molecule has 2 aromatic heterocycles. The lowest BCUT2D eigenvalue weighted by molar-refractivity contribution is -0.660. The Morgan fingerprint density at radius 2 is 1.57 bits per heavy atom. The van der Waals surface area contributed by atoms with Gasteiger partial charge in [-0.3, -0.25) is 0 Å². The fraction of sp³-hybridized carbons (Fsp3) is 0.343. The summed E-state index contributed by atoms with van der Waals surface area (Å²) >= 11 is 0. The summed E-state index contributed by atoms with van der Waals surface area (Å²) in [6.07, 6.45) is 1.44. The highest BCUT2D eigenvalue weighted by atomic mass is 16.3. The fourth-order valence-corrected chi connectivity index (χ4v) is 5.91. The normalized spacial score (nSPS) is 28.0. The third kappa shape index (κ3) is 3.14. The van der Waals surface area contributed by atoms with Crippen LogP contribution in [0.2, 0.25) is 0 Å². The van der Waals surface area contributed by atoms with Crippen molar-refractivity contribution in [3.8, 4) is 22.4 Å². The van der Waals surface area contributed by atoms with E-state index < -0.39 is 57.4 Å². The van der Waals surface area contributed by atoms with Crippen LogP contribution >= 0.6 is 0 Å². The van der Waals surface area contributed by atoms with E-state index in [1.54, 1.807) is 36.7 Å². The zero-order valence-corrected chi connectivity index (χ0v) is 20.7. The predicted octanol–water partition coefficient (Wildman–Crippen LogP) is 9.09. The standard InChI is InChI=1S/C35H38NO/c1-20(2)24-17-18-36(8)30(19-24)31-23(7)13-14-25-26-15-16-29-32(34(26)37-33(25)31)27-11-9-10-12-28(27)35(29,21(3)4)22(5)6/h9-22H,1-8H3/q+1/i1D3,2D3,3D3,4D3,5D3,20D,21D,22D. The van der Waals surface area contributed by atoms with Crippen LogP contribution in [-0.2, 0) is 12.5 Å². The van der Waals surface area contributed by atoms with Crippen molar-refractivity contribution in [2.75, 3.05) is 0 Å². The van der Waals surface area contributed by atoms with Crippen LogP contribution in [0.3, 0.4) is 0 Å². The van der Waals surface area contributed by atoms with Crippen molar-refractivity contribution in [2.24, 2.45) is 18.8 Å². The van der Waals surface area contributed by atoms with Crippen LogP contribution in [0, 0.1) is 18.7 Å². The molecule has 0 radical (unpaired) electrons. The van der Waals surface area contributed by atoms with Crippen LogP contribution in [0.4, 0.5) is 0 Å². The molecule has 0 saturated carbocycles. The molecule has 0 amide bonds. The summed E-state index contributed by atoms with van der Waals surface area (Å²) in [5.41, 5.74) is -1.64. The van der Waals surface area contributed by atoms with Gasteiger partial charge in [0.1, 0.15) is 18.2 Å². The molecule has 2 unspecified atom stereocenters. The van der Waals surface area contributed by atoms with Crippen molar-refractivity contribution < 1.29 is 33.7 Å². The zero-order valence-electron chi connectivity index (χ0n) is 38.7. The highest BCUT2D eigenvalue weighted by molar-refractivity contribution is 6.14. The molecule has 2 nitrogen and oxygen atoms in total. The molecule has 5 aromatic rings. The van der Waals surface area contributed by atoms with Gasteiger partial charge in [-0.15, -0.1) is 0 Å². The van der Waals surface area contributed by atoms with E-state index in [9.17, 15) is 2.74 Å². The number of benzene rings is 3. The van der Waals surface area contributed by atoms with Crippen LogP contribution in [0.15, 0.2) is 71.3 Å². The van der Waals surface area contributed by atoms with Crippen molar-refractivity contribution in [3.05, 3.63) is 89.1 Å². The molecule has 3 aromatic carbocycles. The third-order valence-electron chi connectivity index (χ3n) is 7.65. The van der Waals surface area contributed by atoms with Crippen molar-refractivity contribution in [3.63, 3.8) is 0 Å². The van der Waals surface area contributed by atoms with Crippen LogP contribution in [0.5, 0.6) is 0 Å². The lowest BCUT2D eigenvalue weighted by atomic mass is 9.63. The Labute approximate surface area is 246 Å². The monoisotopic (exact) mass is 506 g/mol. The molecule has 2 atom stereocenters. The zero-order chi connectivity index (χ0) is 41.5. The van der Waals surface area contributed by atoms with E-state index in [1.807, 2.05) is 0 Å². The van der Waals surface area contributed by atoms with Gasteiger partial charge in [-0.2, -0.15) is 0 Å². The molecule has 0 fully saturated rings. The van der Waals surface area contributed by atoms with Gasteiger partial charge in [0, 0.05) is 58.6 Å². The highest BCUT2D eigenvalue weighted by Gasteiger charge is 2.48. The van der Waals surface area contributed by atoms with E-state index in [0.29, 0.717) is 21.9 Å². The molecule has 188 valence electrons. The third-order valence-corrected chi connectivity index (χ3v) is 7.65. The van der Waals surface area contributed by atoms with Gasteiger partial charge in [-0.1, -0.05) is 89.7 Å². The molecule has 0 bridgehead atoms. The van der Waals surface area contributed by atoms with Gasteiger partial charge >= 0.3 is 0 Å². The molecule has 6 rings (SSSR count). The van der Waals surface area contributed by atoms with Gasteiger partial charge < -0.3 is 4.42 Å². The largest absolute Gasteiger partial charge is 0.454 e. The predicted molar refractivity (Wildman–Crippen MR) is 155 cm³/mol. The van der Waals surface area contributed by atoms with E-state index in [0.717, 1.165) is 6.92 Å². The molecule has 2 heterocycles. The Balaban J connectivity index is 1.80. The molecule has 2 heteroatoms. The summed E-state index contributed by atoms with van der Waals surface area (Å²) in [6.45, 7) is -14.5. The number of hydrogen-bond acceptors (Lipinski definition) is 1. The minimum atomic E-state index is -3.66. The molecule has 1 aliphatic rings. The Morgan fingerprint density at radius 3 is 2.32 bits per heavy atom. The van der Waals surface area contributed by atoms with E-state index in [-0.39, 0.29) is 44.7 Å². The minimum absolute atomic E-state index is 0.0760. The number of fused-ring (bicyclic) bond motifs is 7. The van der Waals surface area contributed by atoms with E-state index in [2.05, 4.69) is 0 Å². The second kappa shape index (κ2) is 8.31. The van der Waals surface area contributed by atoms with Crippen LogP contribution in [0.1, 0.15) is 94.0 Å². The Morgan fingerprint density at radius 1 is 0.838 bits per heavy atom. The first-order valence-electron chi connectivity index (χ1n) is 20.9. The Kier molecular flexibility index (Phi) is 2.51. The van der Waals surface area contributed by atoms with E-state index in [4.69, 9.17) is 26.3 Å². The maximum absolute atomic E-state index is 9.61. The number of hydrogen-bond donors (Lipinski definition) is 0.